The van der Waals surface area contributed by atoms with Crippen molar-refractivity contribution in [1.82, 2.24) is 10.3 Å². The lowest BCUT2D eigenvalue weighted by molar-refractivity contribution is -0.119. The van der Waals surface area contributed by atoms with Gasteiger partial charge < -0.3 is 21.5 Å². The molecule has 1 amide bonds. The molecule has 0 bridgehead atoms. The Labute approximate surface area is 226 Å². The Morgan fingerprint density at radius 3 is 2.61 bits per heavy atom. The van der Waals surface area contributed by atoms with Crippen LogP contribution in [0.4, 0.5) is 0 Å². The highest BCUT2D eigenvalue weighted by atomic mass is 32.2. The lowest BCUT2D eigenvalue weighted by atomic mass is 9.93. The summed E-state index contributed by atoms with van der Waals surface area (Å²) in [6.07, 6.45) is 6.33. The first kappa shape index (κ1) is 27.5. The molecular formula is C29H35N5O3S. The fourth-order valence-corrected chi connectivity index (χ4v) is 5.78. The standard InChI is InChI=1S/C29H35N5O3S/c1-18-11-19(12-28(35)34-21(16-30)17-33-29(2,3)4)5-8-26(18)37-27-9-10-32-25-7-6-22(15-24(25)27)38(36)23-13-20(31)14-23/h5-11,15-17,20,23H,12-14,30-31H2,1-4H3,(H,34,35)/b21-16+,33-17?. The highest BCUT2D eigenvalue weighted by molar-refractivity contribution is 7.85. The van der Waals surface area contributed by atoms with Crippen LogP contribution in [0.15, 0.2) is 70.4 Å². The summed E-state index contributed by atoms with van der Waals surface area (Å²) in [5.74, 6) is 1.10. The number of fused-ring (bicyclic) bond motifs is 1. The number of amides is 1. The van der Waals surface area contributed by atoms with Gasteiger partial charge in [0.2, 0.25) is 5.91 Å². The van der Waals surface area contributed by atoms with Crippen molar-refractivity contribution in [1.29, 1.82) is 0 Å². The molecule has 0 saturated heterocycles. The zero-order chi connectivity index (χ0) is 27.4. The largest absolute Gasteiger partial charge is 0.456 e. The minimum atomic E-state index is -1.12. The second-order valence-electron chi connectivity index (χ2n) is 10.6. The van der Waals surface area contributed by atoms with Gasteiger partial charge in [-0.25, -0.2) is 0 Å². The molecule has 0 radical (unpaired) electrons. The number of rotatable bonds is 8. The lowest BCUT2D eigenvalue weighted by Crippen LogP contribution is -2.42. The van der Waals surface area contributed by atoms with E-state index in [0.29, 0.717) is 17.2 Å². The van der Waals surface area contributed by atoms with Gasteiger partial charge in [0.1, 0.15) is 11.5 Å². The number of aryl methyl sites for hydroxylation is 1. The average Bonchev–Trinajstić information content (AvgIpc) is 2.85. The van der Waals surface area contributed by atoms with E-state index in [1.54, 1.807) is 18.5 Å². The van der Waals surface area contributed by atoms with Crippen molar-refractivity contribution in [3.05, 3.63) is 71.7 Å². The summed E-state index contributed by atoms with van der Waals surface area (Å²) < 4.78 is 19.3. The number of nitrogens with two attached hydrogens (primary N) is 2. The molecule has 1 aliphatic carbocycles. The quantitative estimate of drug-likeness (QED) is 0.371. The summed E-state index contributed by atoms with van der Waals surface area (Å²) >= 11 is 0. The van der Waals surface area contributed by atoms with Crippen LogP contribution in [0.1, 0.15) is 44.7 Å². The Bertz CT molecular complexity index is 1420. The van der Waals surface area contributed by atoms with Gasteiger partial charge >= 0.3 is 0 Å². The molecule has 4 rings (SSSR count). The molecule has 1 fully saturated rings. The highest BCUT2D eigenvalue weighted by Gasteiger charge is 2.31. The van der Waals surface area contributed by atoms with E-state index in [1.807, 2.05) is 64.1 Å². The van der Waals surface area contributed by atoms with Crippen LogP contribution in [0.5, 0.6) is 11.5 Å². The lowest BCUT2D eigenvalue weighted by Gasteiger charge is -2.31. The number of nitrogens with zero attached hydrogens (tertiary/aromatic N) is 2. The van der Waals surface area contributed by atoms with Gasteiger partial charge in [0, 0.05) is 40.2 Å². The van der Waals surface area contributed by atoms with Crippen molar-refractivity contribution < 1.29 is 13.7 Å². The minimum Gasteiger partial charge on any atom is -0.456 e. The first-order valence-corrected chi connectivity index (χ1v) is 13.8. The fourth-order valence-electron chi connectivity index (χ4n) is 4.11. The molecule has 1 unspecified atom stereocenters. The highest BCUT2D eigenvalue weighted by Crippen LogP contribution is 2.34. The predicted octanol–water partition coefficient (Wildman–Crippen LogP) is 4.26. The predicted molar refractivity (Wildman–Crippen MR) is 153 cm³/mol. The molecule has 1 atom stereocenters. The van der Waals surface area contributed by atoms with Crippen molar-refractivity contribution >= 4 is 33.8 Å². The second kappa shape index (κ2) is 11.4. The van der Waals surface area contributed by atoms with Gasteiger partial charge in [-0.1, -0.05) is 12.1 Å². The molecule has 200 valence electrons. The summed E-state index contributed by atoms with van der Waals surface area (Å²) in [5.41, 5.74) is 14.2. The molecule has 0 spiro atoms. The molecule has 1 saturated carbocycles. The Morgan fingerprint density at radius 1 is 1.18 bits per heavy atom. The smallest absolute Gasteiger partial charge is 0.228 e. The van der Waals surface area contributed by atoms with Gasteiger partial charge in [0.25, 0.3) is 0 Å². The summed E-state index contributed by atoms with van der Waals surface area (Å²) in [7, 11) is -1.12. The van der Waals surface area contributed by atoms with Gasteiger partial charge in [0.05, 0.1) is 34.0 Å². The van der Waals surface area contributed by atoms with Crippen molar-refractivity contribution in [2.45, 2.75) is 68.7 Å². The molecule has 8 nitrogen and oxygen atoms in total. The number of ether oxygens (including phenoxy) is 1. The van der Waals surface area contributed by atoms with E-state index in [2.05, 4.69) is 15.3 Å². The number of carbonyl (C=O) groups is 1. The van der Waals surface area contributed by atoms with Crippen LogP contribution in [-0.2, 0) is 22.0 Å². The fraction of sp³-hybridized carbons (Fsp3) is 0.345. The van der Waals surface area contributed by atoms with Crippen molar-refractivity contribution in [2.75, 3.05) is 0 Å². The Kier molecular flexibility index (Phi) is 8.28. The van der Waals surface area contributed by atoms with Gasteiger partial charge in [-0.15, -0.1) is 0 Å². The van der Waals surface area contributed by atoms with Crippen LogP contribution in [0.3, 0.4) is 0 Å². The van der Waals surface area contributed by atoms with Crippen LogP contribution >= 0.6 is 0 Å². The monoisotopic (exact) mass is 533 g/mol. The molecular weight excluding hydrogens is 498 g/mol. The minimum absolute atomic E-state index is 0.0951. The number of pyridine rings is 1. The first-order chi connectivity index (χ1) is 18.0. The van der Waals surface area contributed by atoms with E-state index in [0.717, 1.165) is 39.8 Å². The Morgan fingerprint density at radius 2 is 1.95 bits per heavy atom. The SMILES string of the molecule is Cc1cc(CC(=O)N/C(C=NC(C)(C)C)=C/N)ccc1Oc1ccnc2ccc(S(=O)C3CC(N)C3)cc12. The molecule has 1 aromatic heterocycles. The Hall–Kier alpha value is -3.56. The first-order valence-electron chi connectivity index (χ1n) is 12.6. The number of nitrogens with one attached hydrogen (secondary N) is 1. The number of aromatic nitrogens is 1. The van der Waals surface area contributed by atoms with E-state index in [-0.39, 0.29) is 29.2 Å². The third-order valence-corrected chi connectivity index (χ3v) is 7.93. The maximum absolute atomic E-state index is 13.0. The number of carbonyl (C=O) groups excluding carboxylic acids is 1. The van der Waals surface area contributed by atoms with E-state index < -0.39 is 10.8 Å². The molecule has 1 aliphatic rings. The van der Waals surface area contributed by atoms with Crippen molar-refractivity contribution in [3.8, 4) is 11.5 Å². The third-order valence-electron chi connectivity index (χ3n) is 6.22. The van der Waals surface area contributed by atoms with Crippen molar-refractivity contribution in [3.63, 3.8) is 0 Å². The molecule has 1 heterocycles. The molecule has 3 aromatic rings. The summed E-state index contributed by atoms with van der Waals surface area (Å²) in [4.78, 5) is 22.1. The van der Waals surface area contributed by atoms with E-state index in [4.69, 9.17) is 16.2 Å². The zero-order valence-corrected chi connectivity index (χ0v) is 23.0. The van der Waals surface area contributed by atoms with E-state index in [1.165, 1.54) is 6.20 Å². The average molecular weight is 534 g/mol. The van der Waals surface area contributed by atoms with E-state index >= 15 is 0 Å². The number of aliphatic imine (C=N–C) groups is 1. The Balaban J connectivity index is 1.47. The number of benzene rings is 2. The van der Waals surface area contributed by atoms with Crippen LogP contribution in [0.25, 0.3) is 10.9 Å². The third kappa shape index (κ3) is 6.85. The number of hydrogen-bond acceptors (Lipinski definition) is 7. The maximum Gasteiger partial charge on any atom is 0.228 e. The van der Waals surface area contributed by atoms with Crippen LogP contribution in [0, 0.1) is 6.92 Å². The van der Waals surface area contributed by atoms with Crippen molar-refractivity contribution in [2.24, 2.45) is 16.5 Å². The maximum atomic E-state index is 13.0. The van der Waals surface area contributed by atoms with Gasteiger partial charge in [-0.05, 0) is 82.0 Å². The molecule has 38 heavy (non-hydrogen) atoms. The van der Waals surface area contributed by atoms with Crippen LogP contribution in [-0.4, -0.2) is 38.1 Å². The van der Waals surface area contributed by atoms with Gasteiger partial charge in [0.15, 0.2) is 0 Å². The summed E-state index contributed by atoms with van der Waals surface area (Å²) in [6.45, 7) is 7.82. The van der Waals surface area contributed by atoms with Crippen LogP contribution < -0.4 is 21.5 Å². The van der Waals surface area contributed by atoms with Crippen LogP contribution in [0.2, 0.25) is 0 Å². The molecule has 9 heteroatoms. The normalized spacial score (nSPS) is 18.8. The zero-order valence-electron chi connectivity index (χ0n) is 22.2. The number of hydrogen-bond donors (Lipinski definition) is 3. The summed E-state index contributed by atoms with van der Waals surface area (Å²) in [5, 5.41) is 3.68. The topological polar surface area (TPSA) is 133 Å². The van der Waals surface area contributed by atoms with Gasteiger partial charge in [-0.3, -0.25) is 19.0 Å². The molecule has 2 aromatic carbocycles. The van der Waals surface area contributed by atoms with Gasteiger partial charge in [-0.2, -0.15) is 0 Å². The molecule has 0 aliphatic heterocycles. The molecule has 5 N–H and O–H groups in total. The second-order valence-corrected chi connectivity index (χ2v) is 12.3. The summed E-state index contributed by atoms with van der Waals surface area (Å²) in [6, 6.07) is 13.2. The van der Waals surface area contributed by atoms with E-state index in [9.17, 15) is 9.00 Å². The number of allylic oxidation sites excluding steroid dienone is 1.